The number of halogens is 3. The first-order valence-electron chi connectivity index (χ1n) is 14.2. The van der Waals surface area contributed by atoms with Crippen molar-refractivity contribution in [2.45, 2.75) is 52.9 Å². The maximum atomic E-state index is 13.6. The maximum Gasteiger partial charge on any atom is 0.418 e. The Labute approximate surface area is 251 Å². The van der Waals surface area contributed by atoms with Gasteiger partial charge in [-0.15, -0.1) is 5.10 Å². The number of hydrogen-bond donors (Lipinski definition) is 1. The van der Waals surface area contributed by atoms with Crippen LogP contribution in [0.15, 0.2) is 59.5 Å². The number of likely N-dealkylation sites (tertiary alicyclic amines) is 1. The monoisotopic (exact) mass is 607 g/mol. The Bertz CT molecular complexity index is 1750. The average Bonchev–Trinajstić information content (AvgIpc) is 3.44. The van der Waals surface area contributed by atoms with Gasteiger partial charge in [0.25, 0.3) is 5.91 Å². The predicted molar refractivity (Wildman–Crippen MR) is 155 cm³/mol. The van der Waals surface area contributed by atoms with Crippen LogP contribution in [0.2, 0.25) is 0 Å². The molecule has 2 aromatic carbocycles. The lowest BCUT2D eigenvalue weighted by Gasteiger charge is -2.31. The first kappa shape index (κ1) is 30.6. The number of benzene rings is 2. The van der Waals surface area contributed by atoms with Crippen LogP contribution in [0.25, 0.3) is 5.69 Å². The molecule has 0 aliphatic carbocycles. The Balaban J connectivity index is 1.19. The number of alkyl halides is 3. The zero-order chi connectivity index (χ0) is 31.6. The van der Waals surface area contributed by atoms with E-state index in [1.54, 1.807) is 10.9 Å². The van der Waals surface area contributed by atoms with E-state index in [1.165, 1.54) is 30.0 Å². The first-order valence-corrected chi connectivity index (χ1v) is 14.2. The summed E-state index contributed by atoms with van der Waals surface area (Å²) in [5.74, 6) is -1.22. The molecule has 230 valence electrons. The largest absolute Gasteiger partial charge is 0.418 e. The van der Waals surface area contributed by atoms with Gasteiger partial charge >= 0.3 is 6.18 Å². The van der Waals surface area contributed by atoms with Crippen molar-refractivity contribution in [1.82, 2.24) is 35.0 Å². The Morgan fingerprint density at radius 2 is 1.75 bits per heavy atom. The van der Waals surface area contributed by atoms with Gasteiger partial charge in [0.2, 0.25) is 11.3 Å². The smallest absolute Gasteiger partial charge is 0.350 e. The van der Waals surface area contributed by atoms with Crippen molar-refractivity contribution in [2.24, 2.45) is 5.92 Å². The van der Waals surface area contributed by atoms with Crippen LogP contribution >= 0.6 is 0 Å². The lowest BCUT2D eigenvalue weighted by Crippen LogP contribution is -2.44. The van der Waals surface area contributed by atoms with Crippen molar-refractivity contribution >= 4 is 11.8 Å². The lowest BCUT2D eigenvalue weighted by atomic mass is 9.95. The Hall–Kier alpha value is -4.81. The molecule has 0 saturated carbocycles. The summed E-state index contributed by atoms with van der Waals surface area (Å²) in [6, 6.07) is 12.2. The minimum Gasteiger partial charge on any atom is -0.350 e. The van der Waals surface area contributed by atoms with Gasteiger partial charge in [-0.1, -0.05) is 41.1 Å². The number of aromatic nitrogens is 5. The Kier molecular flexibility index (Phi) is 8.66. The Morgan fingerprint density at radius 3 is 2.48 bits per heavy atom. The highest BCUT2D eigenvalue weighted by Gasteiger charge is 2.35. The summed E-state index contributed by atoms with van der Waals surface area (Å²) in [7, 11) is 0. The summed E-state index contributed by atoms with van der Waals surface area (Å²) in [6.07, 6.45) is -2.16. The molecule has 1 aliphatic heterocycles. The SMILES string of the molecule is Cc1ccc(C)c(Cn2cc(CNC(=O)C3CCN(C(=O)c4nn(-c5ccccc5C(F)(F)F)c(C)cc4=O)CC3)nn2)c1. The molecule has 2 aromatic heterocycles. The van der Waals surface area contributed by atoms with Crippen LogP contribution in [0.4, 0.5) is 13.2 Å². The van der Waals surface area contributed by atoms with Gasteiger partial charge < -0.3 is 10.2 Å². The van der Waals surface area contributed by atoms with Gasteiger partial charge in [0.15, 0.2) is 5.69 Å². The van der Waals surface area contributed by atoms with Crippen LogP contribution in [0.5, 0.6) is 0 Å². The molecule has 2 amide bonds. The molecule has 44 heavy (non-hydrogen) atoms. The summed E-state index contributed by atoms with van der Waals surface area (Å²) in [5.41, 5.74) is 1.84. The molecule has 0 spiro atoms. The summed E-state index contributed by atoms with van der Waals surface area (Å²) in [5, 5.41) is 15.3. The van der Waals surface area contributed by atoms with E-state index >= 15 is 0 Å². The molecule has 3 heterocycles. The second-order valence-corrected chi connectivity index (χ2v) is 11.0. The highest BCUT2D eigenvalue weighted by molar-refractivity contribution is 5.92. The molecule has 1 aliphatic rings. The van der Waals surface area contributed by atoms with E-state index in [0.29, 0.717) is 25.1 Å². The van der Waals surface area contributed by atoms with Crippen molar-refractivity contribution in [1.29, 1.82) is 0 Å². The zero-order valence-electron chi connectivity index (χ0n) is 24.6. The minimum atomic E-state index is -4.66. The fourth-order valence-electron chi connectivity index (χ4n) is 5.30. The van der Waals surface area contributed by atoms with Gasteiger partial charge in [0, 0.05) is 30.8 Å². The van der Waals surface area contributed by atoms with Crippen molar-refractivity contribution < 1.29 is 22.8 Å². The van der Waals surface area contributed by atoms with Gasteiger partial charge in [0.1, 0.15) is 5.69 Å². The standard InChI is InChI=1S/C31H32F3N7O3/c1-19-8-9-20(2)23(14-19)17-40-18-24(36-38-40)16-35-29(43)22-10-12-39(13-11-22)30(44)28-27(42)15-21(3)41(37-28)26-7-5-4-6-25(26)31(32,33)34/h4-9,14-15,18,22H,10-13,16-17H2,1-3H3,(H,35,43). The van der Waals surface area contributed by atoms with Crippen LogP contribution < -0.4 is 10.7 Å². The zero-order valence-corrected chi connectivity index (χ0v) is 24.6. The van der Waals surface area contributed by atoms with Gasteiger partial charge in [-0.25, -0.2) is 9.36 Å². The number of piperidine rings is 1. The van der Waals surface area contributed by atoms with E-state index in [4.69, 9.17) is 0 Å². The number of rotatable bonds is 7. The van der Waals surface area contributed by atoms with Gasteiger partial charge in [-0.2, -0.15) is 18.3 Å². The van der Waals surface area contributed by atoms with E-state index in [1.807, 2.05) is 13.8 Å². The molecule has 0 bridgehead atoms. The summed E-state index contributed by atoms with van der Waals surface area (Å²) in [6.45, 7) is 6.67. The number of amides is 2. The topological polar surface area (TPSA) is 115 Å². The second kappa shape index (κ2) is 12.4. The van der Waals surface area contributed by atoms with Crippen molar-refractivity contribution in [3.8, 4) is 5.69 Å². The van der Waals surface area contributed by atoms with E-state index in [0.717, 1.165) is 33.5 Å². The second-order valence-electron chi connectivity index (χ2n) is 11.0. The lowest BCUT2D eigenvalue weighted by molar-refractivity contribution is -0.137. The average molecular weight is 608 g/mol. The van der Waals surface area contributed by atoms with Crippen molar-refractivity contribution in [3.63, 3.8) is 0 Å². The Morgan fingerprint density at radius 1 is 1.02 bits per heavy atom. The van der Waals surface area contributed by atoms with Crippen LogP contribution in [-0.4, -0.2) is 54.6 Å². The van der Waals surface area contributed by atoms with Crippen LogP contribution in [0.1, 0.15) is 57.0 Å². The summed E-state index contributed by atoms with van der Waals surface area (Å²) >= 11 is 0. The summed E-state index contributed by atoms with van der Waals surface area (Å²) in [4.78, 5) is 40.2. The molecule has 4 aromatic rings. The molecule has 13 heteroatoms. The van der Waals surface area contributed by atoms with Gasteiger partial charge in [-0.3, -0.25) is 14.4 Å². The molecular weight excluding hydrogens is 575 g/mol. The third-order valence-electron chi connectivity index (χ3n) is 7.77. The molecule has 5 rings (SSSR count). The highest BCUT2D eigenvalue weighted by atomic mass is 19.4. The number of carbonyl (C=O) groups is 2. The van der Waals surface area contributed by atoms with Gasteiger partial charge in [0.05, 0.1) is 30.5 Å². The first-order chi connectivity index (χ1) is 20.9. The fourth-order valence-corrected chi connectivity index (χ4v) is 5.30. The number of para-hydroxylation sites is 1. The number of carbonyl (C=O) groups excluding carboxylic acids is 2. The molecule has 1 N–H and O–H groups in total. The van der Waals surface area contributed by atoms with Crippen molar-refractivity contribution in [2.75, 3.05) is 13.1 Å². The molecule has 1 saturated heterocycles. The maximum absolute atomic E-state index is 13.6. The van der Waals surface area contributed by atoms with E-state index in [9.17, 15) is 27.6 Å². The molecule has 1 fully saturated rings. The van der Waals surface area contributed by atoms with Crippen LogP contribution in [0, 0.1) is 26.7 Å². The third kappa shape index (κ3) is 6.71. The molecular formula is C31H32F3N7O3. The van der Waals surface area contributed by atoms with Crippen molar-refractivity contribution in [3.05, 3.63) is 104 Å². The van der Waals surface area contributed by atoms with Crippen LogP contribution in [-0.2, 0) is 24.1 Å². The summed E-state index contributed by atoms with van der Waals surface area (Å²) < 4.78 is 43.6. The minimum absolute atomic E-state index is 0.156. The van der Waals surface area contributed by atoms with E-state index in [-0.39, 0.29) is 42.8 Å². The quantitative estimate of drug-likeness (QED) is 0.340. The van der Waals surface area contributed by atoms with Gasteiger partial charge in [-0.05, 0) is 56.9 Å². The van der Waals surface area contributed by atoms with Crippen LogP contribution in [0.3, 0.4) is 0 Å². The van der Waals surface area contributed by atoms with E-state index < -0.39 is 28.8 Å². The number of nitrogens with zero attached hydrogens (tertiary/aromatic N) is 6. The highest BCUT2D eigenvalue weighted by Crippen LogP contribution is 2.33. The predicted octanol–water partition coefficient (Wildman–Crippen LogP) is 3.98. The fraction of sp³-hybridized carbons (Fsp3) is 0.355. The molecule has 0 atom stereocenters. The molecule has 0 unspecified atom stereocenters. The number of aryl methyl sites for hydroxylation is 3. The van der Waals surface area contributed by atoms with E-state index in [2.05, 4.69) is 38.9 Å². The molecule has 10 nitrogen and oxygen atoms in total. The molecule has 0 radical (unpaired) electrons. The normalized spacial score (nSPS) is 14.1. The third-order valence-corrected chi connectivity index (χ3v) is 7.77. The number of nitrogens with one attached hydrogen (secondary N) is 1. The number of hydrogen-bond acceptors (Lipinski definition) is 6.